The topological polar surface area (TPSA) is 226 Å². The zero-order valence-electron chi connectivity index (χ0n) is 16.8. The molecule has 4 aliphatic heterocycles. The predicted octanol–water partition coefficient (Wildman–Crippen LogP) is -4.12. The second-order valence-corrected chi connectivity index (χ2v) is 8.72. The van der Waals surface area contributed by atoms with E-state index in [9.17, 15) is 37.8 Å². The standard InChI is InChI=1S/C16H20N6O10S/c17-13(25)9-1-7(5-23)11-3-19(9)15(27)21(11)31-33(29,30)32-22-12-4-20(16(22)28)10(14(18)26)2-8(12)6-24/h1-2,9-12,23-24H,3-6H2,(H2,17,25)(H2,18,26)/t9-,10-,11-,12-/m0/s1. The van der Waals surface area contributed by atoms with Crippen LogP contribution in [0.15, 0.2) is 23.3 Å². The molecule has 0 unspecified atom stereocenters. The fraction of sp³-hybridized carbons (Fsp3) is 0.500. The molecule has 16 nitrogen and oxygen atoms in total. The third-order valence-corrected chi connectivity index (χ3v) is 6.42. The van der Waals surface area contributed by atoms with Gasteiger partial charge in [0.25, 0.3) is 0 Å². The maximum atomic E-state index is 12.6. The number of rotatable bonds is 8. The average molecular weight is 488 g/mol. The molecule has 4 heterocycles. The summed E-state index contributed by atoms with van der Waals surface area (Å²) in [5, 5.41) is 19.9. The molecule has 17 heteroatoms. The molecule has 0 radical (unpaired) electrons. The zero-order valence-corrected chi connectivity index (χ0v) is 17.6. The minimum Gasteiger partial charge on any atom is -0.392 e. The fourth-order valence-corrected chi connectivity index (χ4v) is 4.93. The summed E-state index contributed by atoms with van der Waals surface area (Å²) < 4.78 is 34.8. The minimum absolute atomic E-state index is 0.116. The van der Waals surface area contributed by atoms with Crippen LogP contribution >= 0.6 is 0 Å². The molecule has 0 saturated carbocycles. The molecule has 6 N–H and O–H groups in total. The van der Waals surface area contributed by atoms with Crippen LogP contribution < -0.4 is 11.5 Å². The van der Waals surface area contributed by atoms with Crippen molar-refractivity contribution in [2.75, 3.05) is 26.3 Å². The molecule has 0 aliphatic carbocycles. The number of hydroxylamine groups is 4. The number of urea groups is 2. The Balaban J connectivity index is 1.55. The highest BCUT2D eigenvalue weighted by Crippen LogP contribution is 2.33. The van der Waals surface area contributed by atoms with E-state index < -0.39 is 71.7 Å². The first-order valence-electron chi connectivity index (χ1n) is 9.54. The van der Waals surface area contributed by atoms with Crippen molar-refractivity contribution in [2.24, 2.45) is 11.5 Å². The van der Waals surface area contributed by atoms with Gasteiger partial charge in [-0.1, -0.05) is 0 Å². The Bertz CT molecular complexity index is 1010. The van der Waals surface area contributed by atoms with Gasteiger partial charge in [-0.25, -0.2) is 9.59 Å². The van der Waals surface area contributed by atoms with Gasteiger partial charge in [0.2, 0.25) is 11.8 Å². The third kappa shape index (κ3) is 3.68. The summed E-state index contributed by atoms with van der Waals surface area (Å²) in [5.74, 6) is -1.80. The number of aliphatic hydroxyl groups excluding tert-OH is 2. The van der Waals surface area contributed by atoms with Gasteiger partial charge < -0.3 is 31.5 Å². The summed E-state index contributed by atoms with van der Waals surface area (Å²) in [4.78, 5) is 50.5. The van der Waals surface area contributed by atoms with Crippen molar-refractivity contribution in [1.29, 1.82) is 0 Å². The molecular formula is C16H20N6O10S. The Labute approximate surface area is 186 Å². The van der Waals surface area contributed by atoms with E-state index in [2.05, 4.69) is 0 Å². The van der Waals surface area contributed by atoms with Crippen molar-refractivity contribution >= 4 is 34.3 Å². The first-order valence-corrected chi connectivity index (χ1v) is 10.9. The molecule has 4 aliphatic rings. The van der Waals surface area contributed by atoms with E-state index in [1.165, 1.54) is 12.2 Å². The molecule has 4 atom stereocenters. The normalized spacial score (nSPS) is 28.9. The highest BCUT2D eigenvalue weighted by molar-refractivity contribution is 7.81. The zero-order chi connectivity index (χ0) is 24.2. The average Bonchev–Trinajstić information content (AvgIpc) is 3.16. The summed E-state index contributed by atoms with van der Waals surface area (Å²) in [6.07, 6.45) is 2.46. The first kappa shape index (κ1) is 22.9. The first-order chi connectivity index (χ1) is 15.5. The Kier molecular flexibility index (Phi) is 5.53. The number of nitrogens with two attached hydrogens (primary N) is 2. The number of fused-ring (bicyclic) bond motifs is 4. The Morgan fingerprint density at radius 2 is 1.24 bits per heavy atom. The number of primary amides is 2. The molecule has 0 aromatic rings. The summed E-state index contributed by atoms with van der Waals surface area (Å²) in [5.41, 5.74) is 10.8. The maximum Gasteiger partial charge on any atom is 0.442 e. The Hall–Kier alpha value is -3.25. The summed E-state index contributed by atoms with van der Waals surface area (Å²) in [7, 11) is -5.12. The summed E-state index contributed by atoms with van der Waals surface area (Å²) in [6, 6.07) is -6.64. The van der Waals surface area contributed by atoms with Gasteiger partial charge >= 0.3 is 22.5 Å². The van der Waals surface area contributed by atoms with Crippen molar-refractivity contribution in [1.82, 2.24) is 19.9 Å². The Morgan fingerprint density at radius 3 is 1.55 bits per heavy atom. The smallest absolute Gasteiger partial charge is 0.392 e. The lowest BCUT2D eigenvalue weighted by Gasteiger charge is -2.27. The maximum absolute atomic E-state index is 12.6. The van der Waals surface area contributed by atoms with Crippen molar-refractivity contribution < 1.29 is 46.4 Å². The molecule has 33 heavy (non-hydrogen) atoms. The van der Waals surface area contributed by atoms with Gasteiger partial charge in [0, 0.05) is 0 Å². The van der Waals surface area contributed by atoms with Crippen molar-refractivity contribution in [3.05, 3.63) is 23.3 Å². The number of carbonyl (C=O) groups excluding carboxylic acids is 4. The molecule has 6 amide bonds. The van der Waals surface area contributed by atoms with Crippen LogP contribution in [0.2, 0.25) is 0 Å². The van der Waals surface area contributed by atoms with Crippen LogP contribution in [0.1, 0.15) is 0 Å². The molecule has 4 rings (SSSR count). The van der Waals surface area contributed by atoms with Gasteiger partial charge in [-0.05, 0) is 23.3 Å². The molecule has 2 saturated heterocycles. The lowest BCUT2D eigenvalue weighted by molar-refractivity contribution is -0.121. The van der Waals surface area contributed by atoms with Crippen LogP contribution in [0, 0.1) is 0 Å². The van der Waals surface area contributed by atoms with Crippen molar-refractivity contribution in [3.8, 4) is 0 Å². The van der Waals surface area contributed by atoms with E-state index in [0.29, 0.717) is 10.1 Å². The number of nitrogens with zero attached hydrogens (tertiary/aromatic N) is 4. The lowest BCUT2D eigenvalue weighted by atomic mass is 10.0. The lowest BCUT2D eigenvalue weighted by Crippen LogP contribution is -2.47. The number of amides is 6. The second kappa shape index (κ2) is 7.96. The molecule has 0 aromatic heterocycles. The molecule has 180 valence electrons. The molecule has 2 fully saturated rings. The van der Waals surface area contributed by atoms with Gasteiger partial charge in [-0.3, -0.25) is 9.59 Å². The molecule has 0 aromatic carbocycles. The summed E-state index contributed by atoms with van der Waals surface area (Å²) >= 11 is 0. The van der Waals surface area contributed by atoms with Crippen LogP contribution in [0.5, 0.6) is 0 Å². The highest BCUT2D eigenvalue weighted by atomic mass is 32.3. The minimum atomic E-state index is -5.12. The van der Waals surface area contributed by atoms with Gasteiger partial charge in [0.1, 0.15) is 24.2 Å². The Morgan fingerprint density at radius 1 is 0.879 bits per heavy atom. The second-order valence-electron chi connectivity index (χ2n) is 7.60. The van der Waals surface area contributed by atoms with E-state index in [1.54, 1.807) is 0 Å². The van der Waals surface area contributed by atoms with E-state index in [0.717, 1.165) is 9.80 Å². The van der Waals surface area contributed by atoms with Crippen molar-refractivity contribution in [3.63, 3.8) is 0 Å². The van der Waals surface area contributed by atoms with Gasteiger partial charge in [-0.15, -0.1) is 8.57 Å². The van der Waals surface area contributed by atoms with E-state index in [4.69, 9.17) is 20.0 Å². The van der Waals surface area contributed by atoms with Crippen LogP contribution in [-0.2, 0) is 28.6 Å². The number of aliphatic hydroxyl groups is 2. The third-order valence-electron chi connectivity index (χ3n) is 5.74. The quantitative estimate of drug-likeness (QED) is 0.241. The van der Waals surface area contributed by atoms with Crippen molar-refractivity contribution in [2.45, 2.75) is 24.2 Å². The monoisotopic (exact) mass is 488 g/mol. The number of hydrogen-bond donors (Lipinski definition) is 4. The number of hydrogen-bond acceptors (Lipinski definition) is 10. The molecule has 0 spiro atoms. The van der Waals surface area contributed by atoms with Crippen LogP contribution in [0.3, 0.4) is 0 Å². The van der Waals surface area contributed by atoms with E-state index >= 15 is 0 Å². The summed E-state index contributed by atoms with van der Waals surface area (Å²) in [6.45, 7) is -1.61. The van der Waals surface area contributed by atoms with Gasteiger partial charge in [0.05, 0.1) is 26.3 Å². The fourth-order valence-electron chi connectivity index (χ4n) is 4.17. The highest BCUT2D eigenvalue weighted by Gasteiger charge is 2.52. The SMILES string of the molecule is NC(=O)[C@@H]1C=C(CO)[C@@H]2CN1C(=O)N2OS(=O)(=O)ON1C(=O)N2C[C@H]1C(CO)=C[C@H]2C(N)=O. The van der Waals surface area contributed by atoms with Gasteiger partial charge in [-0.2, -0.15) is 18.5 Å². The molecule has 4 bridgehead atoms. The molecular weight excluding hydrogens is 468 g/mol. The van der Waals surface area contributed by atoms with Crippen LogP contribution in [0.25, 0.3) is 0 Å². The van der Waals surface area contributed by atoms with Crippen LogP contribution in [-0.4, -0.2) is 113 Å². The van der Waals surface area contributed by atoms with E-state index in [-0.39, 0.29) is 24.2 Å². The largest absolute Gasteiger partial charge is 0.442 e. The predicted molar refractivity (Wildman–Crippen MR) is 103 cm³/mol. The number of carbonyl (C=O) groups is 4. The van der Waals surface area contributed by atoms with E-state index in [1.807, 2.05) is 0 Å². The van der Waals surface area contributed by atoms with Gasteiger partial charge in [0.15, 0.2) is 0 Å². The van der Waals surface area contributed by atoms with Crippen LogP contribution in [0.4, 0.5) is 9.59 Å².